The summed E-state index contributed by atoms with van der Waals surface area (Å²) in [5.41, 5.74) is 2.03. The van der Waals surface area contributed by atoms with E-state index in [1.54, 1.807) is 0 Å². The molecule has 0 radical (unpaired) electrons. The molecule has 1 saturated carbocycles. The van der Waals surface area contributed by atoms with Crippen LogP contribution in [0, 0.1) is 0 Å². The van der Waals surface area contributed by atoms with Crippen molar-refractivity contribution in [3.63, 3.8) is 0 Å². The highest BCUT2D eigenvalue weighted by molar-refractivity contribution is 5.31. The summed E-state index contributed by atoms with van der Waals surface area (Å²) in [6, 6.07) is 11.0. The Morgan fingerprint density at radius 3 is 2.07 bits per heavy atom. The quantitative estimate of drug-likeness (QED) is 0.642. The van der Waals surface area contributed by atoms with E-state index < -0.39 is 0 Å². The van der Waals surface area contributed by atoms with Crippen LogP contribution in [0.2, 0.25) is 0 Å². The largest absolute Gasteiger partial charge is 0.330 e. The van der Waals surface area contributed by atoms with Gasteiger partial charge in [0.25, 0.3) is 0 Å². The van der Waals surface area contributed by atoms with Gasteiger partial charge in [0.05, 0.1) is 27.7 Å². The summed E-state index contributed by atoms with van der Waals surface area (Å²) in [4.78, 5) is 0. The topological polar surface area (TPSA) is 0 Å². The molecule has 0 spiro atoms. The van der Waals surface area contributed by atoms with E-state index in [-0.39, 0.29) is 0 Å². The zero-order valence-corrected chi connectivity index (χ0v) is 9.46. The van der Waals surface area contributed by atoms with Gasteiger partial charge in [-0.25, -0.2) is 0 Å². The number of nitrogens with zero attached hydrogens (tertiary/aromatic N) is 1. The van der Waals surface area contributed by atoms with Crippen molar-refractivity contribution in [2.75, 3.05) is 27.7 Å². The minimum atomic E-state index is 0.500. The average Bonchev–Trinajstić information content (AvgIpc) is 2.85. The van der Waals surface area contributed by atoms with E-state index in [4.69, 9.17) is 0 Å². The molecule has 0 aromatic heterocycles. The van der Waals surface area contributed by atoms with E-state index in [0.29, 0.717) is 5.41 Å². The number of likely N-dealkylation sites (N-methyl/N-ethyl adjacent to an activating group) is 1. The first kappa shape index (κ1) is 9.72. The maximum absolute atomic E-state index is 2.28. The molecule has 1 aromatic carbocycles. The van der Waals surface area contributed by atoms with Gasteiger partial charge >= 0.3 is 0 Å². The maximum Gasteiger partial charge on any atom is 0.0878 e. The van der Waals surface area contributed by atoms with Crippen molar-refractivity contribution in [1.29, 1.82) is 0 Å². The summed E-state index contributed by atoms with van der Waals surface area (Å²) in [7, 11) is 6.84. The smallest absolute Gasteiger partial charge is 0.0878 e. The minimum Gasteiger partial charge on any atom is -0.330 e. The van der Waals surface area contributed by atoms with Crippen LogP contribution in [0.15, 0.2) is 30.3 Å². The standard InChI is InChI=1S/C13H20N/c1-14(2,3)11-13(9-10-13)12-7-5-4-6-8-12/h4-8H,9-11H2,1-3H3/q+1. The molecule has 0 N–H and O–H groups in total. The molecule has 1 aromatic rings. The monoisotopic (exact) mass is 190 g/mol. The molecule has 2 rings (SSSR count). The molecule has 1 heteroatoms. The van der Waals surface area contributed by atoms with Gasteiger partial charge in [-0.3, -0.25) is 0 Å². The SMILES string of the molecule is C[N+](C)(C)CC1(c2ccccc2)CC1. The van der Waals surface area contributed by atoms with Crippen molar-refractivity contribution < 1.29 is 4.48 Å². The highest BCUT2D eigenvalue weighted by Gasteiger charge is 2.48. The predicted molar refractivity (Wildman–Crippen MR) is 60.3 cm³/mol. The molecular weight excluding hydrogens is 170 g/mol. The lowest BCUT2D eigenvalue weighted by molar-refractivity contribution is -0.873. The summed E-state index contributed by atoms with van der Waals surface area (Å²) in [5.74, 6) is 0. The fourth-order valence-corrected chi connectivity index (χ4v) is 2.39. The van der Waals surface area contributed by atoms with Gasteiger partial charge in [0, 0.05) is 5.41 Å². The van der Waals surface area contributed by atoms with Crippen LogP contribution < -0.4 is 0 Å². The Labute approximate surface area is 86.9 Å². The van der Waals surface area contributed by atoms with E-state index in [9.17, 15) is 0 Å². The first-order valence-electron chi connectivity index (χ1n) is 5.38. The van der Waals surface area contributed by atoms with Gasteiger partial charge in [0.1, 0.15) is 0 Å². The maximum atomic E-state index is 2.28. The Kier molecular flexibility index (Phi) is 2.15. The molecule has 14 heavy (non-hydrogen) atoms. The molecule has 0 aliphatic heterocycles. The number of hydrogen-bond donors (Lipinski definition) is 0. The Morgan fingerprint density at radius 1 is 1.07 bits per heavy atom. The van der Waals surface area contributed by atoms with Gasteiger partial charge < -0.3 is 4.48 Å². The Bertz CT molecular complexity index is 304. The summed E-state index contributed by atoms with van der Waals surface area (Å²) >= 11 is 0. The zero-order valence-electron chi connectivity index (χ0n) is 9.46. The first-order valence-corrected chi connectivity index (χ1v) is 5.38. The number of benzene rings is 1. The van der Waals surface area contributed by atoms with Crippen molar-refractivity contribution in [2.24, 2.45) is 0 Å². The third-order valence-electron chi connectivity index (χ3n) is 3.02. The van der Waals surface area contributed by atoms with Crippen molar-refractivity contribution in [3.05, 3.63) is 35.9 Å². The van der Waals surface area contributed by atoms with Gasteiger partial charge in [0.2, 0.25) is 0 Å². The third kappa shape index (κ3) is 1.98. The van der Waals surface area contributed by atoms with Crippen LogP contribution >= 0.6 is 0 Å². The normalized spacial score (nSPS) is 19.4. The van der Waals surface area contributed by atoms with Gasteiger partial charge in [-0.2, -0.15) is 0 Å². The second-order valence-electron chi connectivity index (χ2n) is 5.59. The molecule has 1 aliphatic rings. The van der Waals surface area contributed by atoms with Crippen molar-refractivity contribution in [3.8, 4) is 0 Å². The van der Waals surface area contributed by atoms with Crippen LogP contribution in [0.5, 0.6) is 0 Å². The fraction of sp³-hybridized carbons (Fsp3) is 0.538. The van der Waals surface area contributed by atoms with Crippen LogP contribution in [0.1, 0.15) is 18.4 Å². The summed E-state index contributed by atoms with van der Waals surface area (Å²) in [6.45, 7) is 1.26. The van der Waals surface area contributed by atoms with Crippen molar-refractivity contribution in [2.45, 2.75) is 18.3 Å². The molecule has 0 atom stereocenters. The van der Waals surface area contributed by atoms with Crippen molar-refractivity contribution >= 4 is 0 Å². The zero-order chi connectivity index (χ0) is 10.2. The lowest BCUT2D eigenvalue weighted by atomic mass is 9.95. The highest BCUT2D eigenvalue weighted by atomic mass is 15.3. The second-order valence-corrected chi connectivity index (χ2v) is 5.59. The molecule has 1 fully saturated rings. The Balaban J connectivity index is 2.18. The van der Waals surface area contributed by atoms with Gasteiger partial charge in [-0.1, -0.05) is 30.3 Å². The van der Waals surface area contributed by atoms with Gasteiger partial charge in [-0.15, -0.1) is 0 Å². The number of quaternary nitrogens is 1. The summed E-state index contributed by atoms with van der Waals surface area (Å²) in [5, 5.41) is 0. The van der Waals surface area contributed by atoms with Crippen LogP contribution in [-0.4, -0.2) is 32.2 Å². The van der Waals surface area contributed by atoms with E-state index in [1.165, 1.54) is 24.9 Å². The first-order chi connectivity index (χ1) is 6.52. The molecule has 1 nitrogen and oxygen atoms in total. The molecular formula is C13H20N+. The van der Waals surface area contributed by atoms with E-state index >= 15 is 0 Å². The van der Waals surface area contributed by atoms with Crippen LogP contribution in [0.25, 0.3) is 0 Å². The number of rotatable bonds is 3. The van der Waals surface area contributed by atoms with Gasteiger partial charge in [-0.05, 0) is 18.4 Å². The molecule has 0 bridgehead atoms. The lowest BCUT2D eigenvalue weighted by Crippen LogP contribution is -2.41. The van der Waals surface area contributed by atoms with E-state index in [1.807, 2.05) is 0 Å². The Morgan fingerprint density at radius 2 is 1.64 bits per heavy atom. The molecule has 0 saturated heterocycles. The predicted octanol–water partition coefficient (Wildman–Crippen LogP) is 2.42. The lowest BCUT2D eigenvalue weighted by Gasteiger charge is -2.29. The summed E-state index contributed by atoms with van der Waals surface area (Å²) < 4.78 is 1.06. The van der Waals surface area contributed by atoms with Crippen LogP contribution in [-0.2, 0) is 5.41 Å². The molecule has 0 amide bonds. The Hall–Kier alpha value is -0.820. The van der Waals surface area contributed by atoms with E-state index in [0.717, 1.165) is 4.48 Å². The number of hydrogen-bond acceptors (Lipinski definition) is 0. The van der Waals surface area contributed by atoms with Crippen LogP contribution in [0.4, 0.5) is 0 Å². The molecule has 1 aliphatic carbocycles. The molecule has 0 unspecified atom stereocenters. The third-order valence-corrected chi connectivity index (χ3v) is 3.02. The van der Waals surface area contributed by atoms with Crippen molar-refractivity contribution in [1.82, 2.24) is 0 Å². The van der Waals surface area contributed by atoms with Gasteiger partial charge in [0.15, 0.2) is 0 Å². The molecule has 76 valence electrons. The fourth-order valence-electron chi connectivity index (χ4n) is 2.39. The van der Waals surface area contributed by atoms with E-state index in [2.05, 4.69) is 51.5 Å². The summed E-state index contributed by atoms with van der Waals surface area (Å²) in [6.07, 6.45) is 2.74. The minimum absolute atomic E-state index is 0.500. The van der Waals surface area contributed by atoms with Crippen LogP contribution in [0.3, 0.4) is 0 Å². The average molecular weight is 190 g/mol. The second kappa shape index (κ2) is 3.09. The molecule has 0 heterocycles. The highest BCUT2D eigenvalue weighted by Crippen LogP contribution is 2.49.